The van der Waals surface area contributed by atoms with Gasteiger partial charge in [0, 0.05) is 36.5 Å². The third-order valence-electron chi connectivity index (χ3n) is 4.05. The molecule has 1 aromatic carbocycles. The first-order valence-electron chi connectivity index (χ1n) is 7.47. The van der Waals surface area contributed by atoms with E-state index in [2.05, 4.69) is 43.1 Å². The SMILES string of the molecule is CCC[C@H](C)NC1CCN(c2ccc(N)c(C)c2)C1. The lowest BCUT2D eigenvalue weighted by Gasteiger charge is -2.22. The first-order chi connectivity index (χ1) is 9.10. The van der Waals surface area contributed by atoms with Crippen LogP contribution in [0.2, 0.25) is 0 Å². The third kappa shape index (κ3) is 3.63. The van der Waals surface area contributed by atoms with Gasteiger partial charge in [-0.05, 0) is 50.5 Å². The number of aryl methyl sites for hydroxylation is 1. The molecule has 1 heterocycles. The number of hydrogen-bond donors (Lipinski definition) is 2. The number of benzene rings is 1. The van der Waals surface area contributed by atoms with E-state index in [1.54, 1.807) is 0 Å². The molecule has 0 radical (unpaired) electrons. The lowest BCUT2D eigenvalue weighted by atomic mass is 10.1. The Bertz CT molecular complexity index is 416. The van der Waals surface area contributed by atoms with Gasteiger partial charge in [-0.25, -0.2) is 0 Å². The van der Waals surface area contributed by atoms with E-state index in [0.717, 1.165) is 18.8 Å². The molecule has 1 unspecified atom stereocenters. The minimum absolute atomic E-state index is 0.624. The first kappa shape index (κ1) is 14.2. The highest BCUT2D eigenvalue weighted by molar-refractivity contribution is 5.58. The Morgan fingerprint density at radius 3 is 2.95 bits per heavy atom. The fourth-order valence-electron chi connectivity index (χ4n) is 2.91. The van der Waals surface area contributed by atoms with Crippen molar-refractivity contribution < 1.29 is 0 Å². The van der Waals surface area contributed by atoms with Crippen molar-refractivity contribution >= 4 is 11.4 Å². The standard InChI is InChI=1S/C16H27N3/c1-4-5-13(3)18-14-8-9-19(11-14)15-6-7-16(17)12(2)10-15/h6-7,10,13-14,18H,4-5,8-9,11,17H2,1-3H3/t13-,14?/m0/s1. The summed E-state index contributed by atoms with van der Waals surface area (Å²) >= 11 is 0. The molecule has 3 N–H and O–H groups in total. The summed E-state index contributed by atoms with van der Waals surface area (Å²) in [4.78, 5) is 2.46. The van der Waals surface area contributed by atoms with Gasteiger partial charge in [-0.15, -0.1) is 0 Å². The molecule has 0 saturated carbocycles. The van der Waals surface area contributed by atoms with Crippen LogP contribution in [0.4, 0.5) is 11.4 Å². The molecule has 2 rings (SSSR count). The Hall–Kier alpha value is -1.22. The number of nitrogen functional groups attached to an aromatic ring is 1. The summed E-state index contributed by atoms with van der Waals surface area (Å²) in [5.41, 5.74) is 9.25. The van der Waals surface area contributed by atoms with Gasteiger partial charge in [0.1, 0.15) is 0 Å². The van der Waals surface area contributed by atoms with E-state index in [4.69, 9.17) is 5.73 Å². The van der Waals surface area contributed by atoms with E-state index in [1.807, 2.05) is 6.07 Å². The van der Waals surface area contributed by atoms with Crippen molar-refractivity contribution in [2.75, 3.05) is 23.7 Å². The largest absolute Gasteiger partial charge is 0.399 e. The predicted octanol–water partition coefficient (Wildman–Crippen LogP) is 2.93. The molecule has 0 spiro atoms. The first-order valence-corrected chi connectivity index (χ1v) is 7.47. The summed E-state index contributed by atoms with van der Waals surface area (Å²) < 4.78 is 0. The van der Waals surface area contributed by atoms with Crippen molar-refractivity contribution in [1.82, 2.24) is 5.32 Å². The summed E-state index contributed by atoms with van der Waals surface area (Å²) in [5, 5.41) is 3.74. The maximum absolute atomic E-state index is 5.88. The van der Waals surface area contributed by atoms with Crippen LogP contribution in [0, 0.1) is 6.92 Å². The van der Waals surface area contributed by atoms with Gasteiger partial charge in [-0.3, -0.25) is 0 Å². The third-order valence-corrected chi connectivity index (χ3v) is 4.05. The fraction of sp³-hybridized carbons (Fsp3) is 0.625. The highest BCUT2D eigenvalue weighted by Gasteiger charge is 2.23. The molecule has 0 bridgehead atoms. The lowest BCUT2D eigenvalue weighted by Crippen LogP contribution is -2.38. The van der Waals surface area contributed by atoms with Crippen molar-refractivity contribution in [2.45, 2.75) is 52.1 Å². The summed E-state index contributed by atoms with van der Waals surface area (Å²) in [7, 11) is 0. The van der Waals surface area contributed by atoms with Crippen molar-refractivity contribution in [3.8, 4) is 0 Å². The van der Waals surface area contributed by atoms with Crippen LogP contribution in [-0.2, 0) is 0 Å². The summed E-state index contributed by atoms with van der Waals surface area (Å²) in [6.07, 6.45) is 3.75. The van der Waals surface area contributed by atoms with Crippen molar-refractivity contribution in [3.05, 3.63) is 23.8 Å². The molecule has 0 amide bonds. The fourth-order valence-corrected chi connectivity index (χ4v) is 2.91. The second-order valence-corrected chi connectivity index (χ2v) is 5.83. The maximum Gasteiger partial charge on any atom is 0.0370 e. The lowest BCUT2D eigenvalue weighted by molar-refractivity contribution is 0.444. The Labute approximate surface area is 117 Å². The molecule has 106 valence electrons. The molecule has 2 atom stereocenters. The van der Waals surface area contributed by atoms with Crippen LogP contribution < -0.4 is 16.0 Å². The molecule has 3 heteroatoms. The summed E-state index contributed by atoms with van der Waals surface area (Å²) in [6.45, 7) is 8.86. The summed E-state index contributed by atoms with van der Waals surface area (Å²) in [6, 6.07) is 7.61. The Morgan fingerprint density at radius 2 is 2.26 bits per heavy atom. The van der Waals surface area contributed by atoms with E-state index in [1.165, 1.54) is 30.5 Å². The molecule has 3 nitrogen and oxygen atoms in total. The number of nitrogens with zero attached hydrogens (tertiary/aromatic N) is 1. The molecule has 1 aliphatic heterocycles. The topological polar surface area (TPSA) is 41.3 Å². The van der Waals surface area contributed by atoms with Crippen LogP contribution >= 0.6 is 0 Å². The number of nitrogens with two attached hydrogens (primary N) is 1. The molecule has 0 aliphatic carbocycles. The van der Waals surface area contributed by atoms with Crippen LogP contribution in [0.25, 0.3) is 0 Å². The van der Waals surface area contributed by atoms with Crippen LogP contribution in [0.1, 0.15) is 38.7 Å². The molecule has 0 aromatic heterocycles. The average molecular weight is 261 g/mol. The molecular formula is C16H27N3. The zero-order valence-electron chi connectivity index (χ0n) is 12.4. The predicted molar refractivity (Wildman–Crippen MR) is 83.7 cm³/mol. The molecule has 19 heavy (non-hydrogen) atoms. The van der Waals surface area contributed by atoms with E-state index >= 15 is 0 Å². The zero-order chi connectivity index (χ0) is 13.8. The van der Waals surface area contributed by atoms with Crippen LogP contribution in [0.5, 0.6) is 0 Å². The maximum atomic E-state index is 5.88. The smallest absolute Gasteiger partial charge is 0.0370 e. The monoisotopic (exact) mass is 261 g/mol. The molecular weight excluding hydrogens is 234 g/mol. The van der Waals surface area contributed by atoms with Gasteiger partial charge in [-0.1, -0.05) is 13.3 Å². The minimum Gasteiger partial charge on any atom is -0.399 e. The molecule has 1 saturated heterocycles. The Kier molecular flexibility index (Phi) is 4.70. The second-order valence-electron chi connectivity index (χ2n) is 5.83. The van der Waals surface area contributed by atoms with Gasteiger partial charge < -0.3 is 16.0 Å². The summed E-state index contributed by atoms with van der Waals surface area (Å²) in [5.74, 6) is 0. The van der Waals surface area contributed by atoms with Crippen molar-refractivity contribution in [3.63, 3.8) is 0 Å². The number of rotatable bonds is 5. The van der Waals surface area contributed by atoms with Gasteiger partial charge in [0.2, 0.25) is 0 Å². The second kappa shape index (κ2) is 6.29. The Balaban J connectivity index is 1.92. The minimum atomic E-state index is 0.624. The van der Waals surface area contributed by atoms with Crippen molar-refractivity contribution in [1.29, 1.82) is 0 Å². The van der Waals surface area contributed by atoms with Crippen LogP contribution in [0.3, 0.4) is 0 Å². The number of anilines is 2. The average Bonchev–Trinajstić information content (AvgIpc) is 2.81. The van der Waals surface area contributed by atoms with E-state index in [-0.39, 0.29) is 0 Å². The molecule has 1 aromatic rings. The van der Waals surface area contributed by atoms with Gasteiger partial charge in [0.25, 0.3) is 0 Å². The van der Waals surface area contributed by atoms with Gasteiger partial charge in [0.15, 0.2) is 0 Å². The van der Waals surface area contributed by atoms with Gasteiger partial charge >= 0.3 is 0 Å². The quantitative estimate of drug-likeness (QED) is 0.801. The van der Waals surface area contributed by atoms with Gasteiger partial charge in [-0.2, -0.15) is 0 Å². The van der Waals surface area contributed by atoms with E-state index in [9.17, 15) is 0 Å². The molecule has 1 fully saturated rings. The van der Waals surface area contributed by atoms with Crippen LogP contribution in [-0.4, -0.2) is 25.2 Å². The zero-order valence-corrected chi connectivity index (χ0v) is 12.4. The normalized spacial score (nSPS) is 20.8. The van der Waals surface area contributed by atoms with Gasteiger partial charge in [0.05, 0.1) is 0 Å². The highest BCUT2D eigenvalue weighted by atomic mass is 15.2. The van der Waals surface area contributed by atoms with Crippen LogP contribution in [0.15, 0.2) is 18.2 Å². The Morgan fingerprint density at radius 1 is 1.47 bits per heavy atom. The molecule has 1 aliphatic rings. The van der Waals surface area contributed by atoms with E-state index in [0.29, 0.717) is 12.1 Å². The van der Waals surface area contributed by atoms with Crippen molar-refractivity contribution in [2.24, 2.45) is 0 Å². The number of nitrogens with one attached hydrogen (secondary N) is 1. The number of hydrogen-bond acceptors (Lipinski definition) is 3. The van der Waals surface area contributed by atoms with E-state index < -0.39 is 0 Å². The highest BCUT2D eigenvalue weighted by Crippen LogP contribution is 2.24.